The first-order valence-electron chi connectivity index (χ1n) is 7.80. The molecule has 1 aromatic rings. The van der Waals surface area contributed by atoms with Gasteiger partial charge in [0.1, 0.15) is 0 Å². The van der Waals surface area contributed by atoms with Crippen molar-refractivity contribution < 1.29 is 9.53 Å². The number of nitrogens with one attached hydrogen (secondary N) is 1. The first-order chi connectivity index (χ1) is 10.7. The molecule has 1 unspecified atom stereocenters. The van der Waals surface area contributed by atoms with Crippen LogP contribution in [0.2, 0.25) is 0 Å². The minimum Gasteiger partial charge on any atom is -0.464 e. The van der Waals surface area contributed by atoms with Crippen LogP contribution in [-0.2, 0) is 4.74 Å². The van der Waals surface area contributed by atoms with Crippen molar-refractivity contribution >= 4 is 11.9 Å². The normalized spacial score (nSPS) is 23.2. The van der Waals surface area contributed by atoms with Crippen LogP contribution >= 0.6 is 0 Å². The predicted molar refractivity (Wildman–Crippen MR) is 82.8 cm³/mol. The number of nitrogens with zero attached hydrogens (tertiary/aromatic N) is 4. The zero-order chi connectivity index (χ0) is 15.5. The number of aromatic nitrogens is 2. The van der Waals surface area contributed by atoms with E-state index in [4.69, 9.17) is 4.74 Å². The van der Waals surface area contributed by atoms with Crippen molar-refractivity contribution in [3.8, 4) is 0 Å². The summed E-state index contributed by atoms with van der Waals surface area (Å²) in [4.78, 5) is 24.9. The van der Waals surface area contributed by atoms with Gasteiger partial charge in [0.2, 0.25) is 5.95 Å². The zero-order valence-electron chi connectivity index (χ0n) is 13.2. The molecule has 0 radical (unpaired) electrons. The Morgan fingerprint density at radius 1 is 1.41 bits per heavy atom. The van der Waals surface area contributed by atoms with E-state index < -0.39 is 5.97 Å². The molecule has 1 N–H and O–H groups in total. The van der Waals surface area contributed by atoms with Crippen molar-refractivity contribution in [3.63, 3.8) is 0 Å². The standard InChI is InChI=1S/C15H23N5O2/c1-19-8-9-20(13(10-19)17-11-4-3-5-11)15-16-7-6-12(18-15)14(21)22-2/h6-7,11,13,17H,3-5,8-10H2,1-2H3. The molecule has 2 fully saturated rings. The van der Waals surface area contributed by atoms with Crippen molar-refractivity contribution in [2.24, 2.45) is 0 Å². The third-order valence-corrected chi connectivity index (χ3v) is 4.41. The number of likely N-dealkylation sites (N-methyl/N-ethyl adjacent to an activating group) is 1. The van der Waals surface area contributed by atoms with E-state index >= 15 is 0 Å². The first kappa shape index (κ1) is 15.2. The molecule has 1 aromatic heterocycles. The van der Waals surface area contributed by atoms with Crippen LogP contribution in [0.25, 0.3) is 0 Å². The number of hydrogen-bond donors (Lipinski definition) is 1. The third kappa shape index (κ3) is 3.20. The van der Waals surface area contributed by atoms with Crippen molar-refractivity contribution in [2.75, 3.05) is 38.7 Å². The van der Waals surface area contributed by atoms with E-state index in [0.717, 1.165) is 19.6 Å². The number of carbonyl (C=O) groups is 1. The van der Waals surface area contributed by atoms with E-state index in [1.54, 1.807) is 12.3 Å². The molecule has 1 saturated heterocycles. The highest BCUT2D eigenvalue weighted by molar-refractivity contribution is 5.87. The van der Waals surface area contributed by atoms with Gasteiger partial charge in [-0.3, -0.25) is 5.32 Å². The number of rotatable bonds is 4. The van der Waals surface area contributed by atoms with Crippen LogP contribution in [0.15, 0.2) is 12.3 Å². The molecular formula is C15H23N5O2. The van der Waals surface area contributed by atoms with Gasteiger partial charge in [0, 0.05) is 31.9 Å². The van der Waals surface area contributed by atoms with Crippen molar-refractivity contribution in [1.29, 1.82) is 0 Å². The summed E-state index contributed by atoms with van der Waals surface area (Å²) in [5, 5.41) is 3.69. The Hall–Kier alpha value is -1.73. The summed E-state index contributed by atoms with van der Waals surface area (Å²) < 4.78 is 4.74. The summed E-state index contributed by atoms with van der Waals surface area (Å²) in [5.41, 5.74) is 0.300. The average Bonchev–Trinajstić information content (AvgIpc) is 2.50. The number of piperazine rings is 1. The van der Waals surface area contributed by atoms with Crippen molar-refractivity contribution in [1.82, 2.24) is 20.2 Å². The Balaban J connectivity index is 1.78. The maximum absolute atomic E-state index is 11.7. The van der Waals surface area contributed by atoms with Crippen LogP contribution in [-0.4, -0.2) is 66.8 Å². The quantitative estimate of drug-likeness (QED) is 0.811. The molecule has 0 amide bonds. The van der Waals surface area contributed by atoms with Gasteiger partial charge in [0.15, 0.2) is 5.69 Å². The van der Waals surface area contributed by atoms with Crippen molar-refractivity contribution in [3.05, 3.63) is 18.0 Å². The lowest BCUT2D eigenvalue weighted by molar-refractivity contribution is 0.0593. The lowest BCUT2D eigenvalue weighted by atomic mass is 9.93. The summed E-state index contributed by atoms with van der Waals surface area (Å²) in [6.45, 7) is 2.71. The van der Waals surface area contributed by atoms with Gasteiger partial charge >= 0.3 is 5.97 Å². The molecule has 0 bridgehead atoms. The van der Waals surface area contributed by atoms with Gasteiger partial charge in [0.05, 0.1) is 13.3 Å². The second-order valence-electron chi connectivity index (χ2n) is 6.00. The highest BCUT2D eigenvalue weighted by Crippen LogP contribution is 2.22. The number of methoxy groups -OCH3 is 1. The Bertz CT molecular complexity index is 534. The fourth-order valence-corrected chi connectivity index (χ4v) is 2.85. The molecular weight excluding hydrogens is 282 g/mol. The van der Waals surface area contributed by atoms with Gasteiger partial charge in [-0.1, -0.05) is 6.42 Å². The minimum atomic E-state index is -0.429. The summed E-state index contributed by atoms with van der Waals surface area (Å²) in [6, 6.07) is 2.17. The highest BCUT2D eigenvalue weighted by atomic mass is 16.5. The fraction of sp³-hybridized carbons (Fsp3) is 0.667. The minimum absolute atomic E-state index is 0.178. The van der Waals surface area contributed by atoms with Gasteiger partial charge < -0.3 is 14.5 Å². The molecule has 1 aliphatic heterocycles. The first-order valence-corrected chi connectivity index (χ1v) is 7.80. The van der Waals surface area contributed by atoms with Crippen LogP contribution < -0.4 is 10.2 Å². The molecule has 2 aliphatic rings. The predicted octanol–water partition coefficient (Wildman–Crippen LogP) is 0.483. The van der Waals surface area contributed by atoms with Gasteiger partial charge in [-0.2, -0.15) is 0 Å². The molecule has 2 heterocycles. The highest BCUT2D eigenvalue weighted by Gasteiger charge is 2.31. The van der Waals surface area contributed by atoms with E-state index in [0.29, 0.717) is 17.7 Å². The molecule has 0 aromatic carbocycles. The number of carbonyl (C=O) groups excluding carboxylic acids is 1. The van der Waals surface area contributed by atoms with E-state index in [2.05, 4.69) is 32.1 Å². The van der Waals surface area contributed by atoms with Crippen LogP contribution in [0.4, 0.5) is 5.95 Å². The number of esters is 1. The molecule has 1 saturated carbocycles. The Morgan fingerprint density at radius 3 is 2.91 bits per heavy atom. The van der Waals surface area contributed by atoms with Gasteiger partial charge in [-0.15, -0.1) is 0 Å². The number of hydrogen-bond acceptors (Lipinski definition) is 7. The Morgan fingerprint density at radius 2 is 2.23 bits per heavy atom. The Labute approximate surface area is 130 Å². The summed E-state index contributed by atoms with van der Waals surface area (Å²) in [5.74, 6) is 0.161. The van der Waals surface area contributed by atoms with Crippen LogP contribution in [0.1, 0.15) is 29.8 Å². The van der Waals surface area contributed by atoms with Gasteiger partial charge in [0.25, 0.3) is 0 Å². The number of anilines is 1. The van der Waals surface area contributed by atoms with E-state index in [-0.39, 0.29) is 6.17 Å². The molecule has 1 aliphatic carbocycles. The zero-order valence-corrected chi connectivity index (χ0v) is 13.2. The van der Waals surface area contributed by atoms with E-state index in [1.807, 2.05) is 0 Å². The Kier molecular flexibility index (Phi) is 4.54. The molecule has 22 heavy (non-hydrogen) atoms. The SMILES string of the molecule is COC(=O)c1ccnc(N2CCN(C)CC2NC2CCC2)n1. The number of ether oxygens (including phenoxy) is 1. The topological polar surface area (TPSA) is 70.6 Å². The van der Waals surface area contributed by atoms with Crippen LogP contribution in [0.5, 0.6) is 0 Å². The fourth-order valence-electron chi connectivity index (χ4n) is 2.85. The van der Waals surface area contributed by atoms with Crippen LogP contribution in [0, 0.1) is 0 Å². The monoisotopic (exact) mass is 305 g/mol. The van der Waals surface area contributed by atoms with Gasteiger partial charge in [-0.05, 0) is 26.0 Å². The third-order valence-electron chi connectivity index (χ3n) is 4.41. The lowest BCUT2D eigenvalue weighted by Gasteiger charge is -2.43. The maximum Gasteiger partial charge on any atom is 0.356 e. The smallest absolute Gasteiger partial charge is 0.356 e. The molecule has 0 spiro atoms. The van der Waals surface area contributed by atoms with E-state index in [1.165, 1.54) is 26.4 Å². The van der Waals surface area contributed by atoms with Crippen LogP contribution in [0.3, 0.4) is 0 Å². The second kappa shape index (κ2) is 6.58. The van der Waals surface area contributed by atoms with Gasteiger partial charge in [-0.25, -0.2) is 14.8 Å². The largest absolute Gasteiger partial charge is 0.464 e. The molecule has 120 valence electrons. The molecule has 1 atom stereocenters. The average molecular weight is 305 g/mol. The van der Waals surface area contributed by atoms with E-state index in [9.17, 15) is 4.79 Å². The molecule has 3 rings (SSSR count). The maximum atomic E-state index is 11.7. The summed E-state index contributed by atoms with van der Waals surface area (Å²) in [7, 11) is 3.49. The molecule has 7 heteroatoms. The lowest BCUT2D eigenvalue weighted by Crippen LogP contribution is -2.61. The van der Waals surface area contributed by atoms with Crippen molar-refractivity contribution in [2.45, 2.75) is 31.5 Å². The summed E-state index contributed by atoms with van der Waals surface area (Å²) >= 11 is 0. The molecule has 7 nitrogen and oxygen atoms in total. The summed E-state index contributed by atoms with van der Waals surface area (Å²) in [6.07, 6.45) is 5.56. The second-order valence-corrected chi connectivity index (χ2v) is 6.00.